The minimum atomic E-state index is 1.12. The van der Waals surface area contributed by atoms with Crippen molar-refractivity contribution in [3.63, 3.8) is 0 Å². The topological polar surface area (TPSA) is 17.8 Å². The van der Waals surface area contributed by atoms with Crippen LogP contribution in [0, 0.1) is 6.20 Å². The minimum Gasteiger partial charge on any atom is -0.327 e. The lowest BCUT2D eigenvalue weighted by molar-refractivity contribution is 0.745. The maximum absolute atomic E-state index is 4.10. The second-order valence-corrected chi connectivity index (χ2v) is 2.06. The number of nitrogens with zero attached hydrogens (tertiary/aromatic N) is 2. The van der Waals surface area contributed by atoms with Crippen LogP contribution in [0.4, 0.5) is 0 Å². The van der Waals surface area contributed by atoms with Crippen molar-refractivity contribution in [2.45, 2.75) is 19.4 Å². The Morgan fingerprint density at radius 2 is 2.75 bits per heavy atom. The maximum Gasteiger partial charge on any atom is 0.109 e. The van der Waals surface area contributed by atoms with Gasteiger partial charge in [0.2, 0.25) is 0 Å². The molecule has 0 spiro atoms. The maximum atomic E-state index is 4.10. The van der Waals surface area contributed by atoms with E-state index >= 15 is 0 Å². The van der Waals surface area contributed by atoms with Gasteiger partial charge in [-0.3, -0.25) is 0 Å². The molecular weight excluding hydrogens is 100 g/mol. The van der Waals surface area contributed by atoms with E-state index in [0.717, 1.165) is 13.0 Å². The molecule has 0 unspecified atom stereocenters. The Hall–Kier alpha value is -0.790. The zero-order valence-corrected chi connectivity index (χ0v) is 4.59. The van der Waals surface area contributed by atoms with Crippen LogP contribution >= 0.6 is 0 Å². The van der Waals surface area contributed by atoms with Gasteiger partial charge in [0.1, 0.15) is 5.82 Å². The van der Waals surface area contributed by atoms with E-state index in [-0.39, 0.29) is 0 Å². The molecule has 1 aromatic heterocycles. The van der Waals surface area contributed by atoms with Gasteiger partial charge in [-0.25, -0.2) is 4.98 Å². The average Bonchev–Trinajstić information content (AvgIpc) is 2.15. The van der Waals surface area contributed by atoms with Gasteiger partial charge < -0.3 is 4.57 Å². The zero-order chi connectivity index (χ0) is 5.40. The largest absolute Gasteiger partial charge is 0.327 e. The molecule has 0 bridgehead atoms. The molecule has 2 nitrogen and oxygen atoms in total. The van der Waals surface area contributed by atoms with Gasteiger partial charge in [-0.2, -0.15) is 0 Å². The molecule has 0 aromatic carbocycles. The molecule has 1 aliphatic rings. The Labute approximate surface area is 48.2 Å². The molecule has 0 amide bonds. The summed E-state index contributed by atoms with van der Waals surface area (Å²) in [6.07, 6.45) is 7.16. The smallest absolute Gasteiger partial charge is 0.109 e. The second kappa shape index (κ2) is 1.34. The first kappa shape index (κ1) is 4.13. The first-order valence-corrected chi connectivity index (χ1v) is 2.89. The summed E-state index contributed by atoms with van der Waals surface area (Å²) in [5.41, 5.74) is 0. The molecule has 0 saturated carbocycles. The van der Waals surface area contributed by atoms with Crippen molar-refractivity contribution >= 4 is 0 Å². The van der Waals surface area contributed by atoms with Crippen molar-refractivity contribution < 1.29 is 0 Å². The molecule has 0 fully saturated rings. The minimum absolute atomic E-state index is 1.12. The van der Waals surface area contributed by atoms with E-state index < -0.39 is 0 Å². The van der Waals surface area contributed by atoms with Gasteiger partial charge in [-0.15, -0.1) is 0 Å². The van der Waals surface area contributed by atoms with Gasteiger partial charge in [0.15, 0.2) is 0 Å². The lowest BCUT2D eigenvalue weighted by Crippen LogP contribution is -1.88. The molecule has 1 aliphatic heterocycles. The molecule has 8 heavy (non-hydrogen) atoms. The lowest BCUT2D eigenvalue weighted by Gasteiger charge is -1.87. The Morgan fingerprint density at radius 1 is 1.75 bits per heavy atom. The monoisotopic (exact) mass is 107 g/mol. The third kappa shape index (κ3) is 0.399. The van der Waals surface area contributed by atoms with Gasteiger partial charge in [0.05, 0.1) is 12.4 Å². The summed E-state index contributed by atoms with van der Waals surface area (Å²) >= 11 is 0. The molecular formula is C6H7N2. The van der Waals surface area contributed by atoms with E-state index in [9.17, 15) is 0 Å². The number of aromatic nitrogens is 2. The second-order valence-electron chi connectivity index (χ2n) is 2.06. The van der Waals surface area contributed by atoms with Crippen molar-refractivity contribution in [3.05, 3.63) is 18.2 Å². The van der Waals surface area contributed by atoms with Crippen LogP contribution in [0.5, 0.6) is 0 Å². The number of aryl methyl sites for hydroxylation is 2. The molecule has 0 N–H and O–H groups in total. The summed E-state index contributed by atoms with van der Waals surface area (Å²) in [6.45, 7) is 1.12. The van der Waals surface area contributed by atoms with E-state index in [2.05, 4.69) is 15.7 Å². The molecule has 1 radical (unpaired) electrons. The van der Waals surface area contributed by atoms with Gasteiger partial charge >= 0.3 is 0 Å². The van der Waals surface area contributed by atoms with E-state index in [1.807, 2.05) is 0 Å². The quantitative estimate of drug-likeness (QED) is 0.475. The normalized spacial score (nSPS) is 16.5. The highest BCUT2D eigenvalue weighted by Gasteiger charge is 2.08. The fourth-order valence-corrected chi connectivity index (χ4v) is 1.11. The van der Waals surface area contributed by atoms with Gasteiger partial charge in [-0.1, -0.05) is 0 Å². The molecule has 0 atom stereocenters. The number of hydrogen-bond acceptors (Lipinski definition) is 1. The Bertz CT molecular complexity index is 172. The predicted molar refractivity (Wildman–Crippen MR) is 29.4 cm³/mol. The van der Waals surface area contributed by atoms with Crippen molar-refractivity contribution in [3.8, 4) is 0 Å². The Balaban J connectivity index is 2.54. The summed E-state index contributed by atoms with van der Waals surface area (Å²) < 4.78 is 2.08. The predicted octanol–water partition coefficient (Wildman–Crippen LogP) is 0.629. The number of hydrogen-bond donors (Lipinski definition) is 0. The van der Waals surface area contributed by atoms with Crippen molar-refractivity contribution in [2.24, 2.45) is 0 Å². The molecule has 2 rings (SSSR count). The molecule has 1 aromatic rings. The fourth-order valence-electron chi connectivity index (χ4n) is 1.11. The highest BCUT2D eigenvalue weighted by Crippen LogP contribution is 2.09. The Kier molecular flexibility index (Phi) is 0.692. The average molecular weight is 107 g/mol. The molecule has 41 valence electrons. The van der Waals surface area contributed by atoms with Crippen molar-refractivity contribution in [1.29, 1.82) is 0 Å². The van der Waals surface area contributed by atoms with Gasteiger partial charge in [-0.05, 0) is 6.42 Å². The van der Waals surface area contributed by atoms with Gasteiger partial charge in [0, 0.05) is 13.0 Å². The van der Waals surface area contributed by atoms with Crippen LogP contribution in [-0.4, -0.2) is 9.55 Å². The standard InChI is InChI=1S/C6H7N2/c1-2-6-7-3-5-8(6)4-1/h3H,1-2,4H2. The van der Waals surface area contributed by atoms with Crippen LogP contribution in [-0.2, 0) is 13.0 Å². The number of imidazole rings is 1. The van der Waals surface area contributed by atoms with Crippen LogP contribution in [0.2, 0.25) is 0 Å². The number of rotatable bonds is 0. The van der Waals surface area contributed by atoms with Crippen LogP contribution in [0.3, 0.4) is 0 Å². The third-order valence-electron chi connectivity index (χ3n) is 1.52. The Morgan fingerprint density at radius 3 is 3.62 bits per heavy atom. The molecule has 0 saturated heterocycles. The summed E-state index contributed by atoms with van der Waals surface area (Å²) in [5, 5.41) is 0. The van der Waals surface area contributed by atoms with E-state index in [0.29, 0.717) is 0 Å². The van der Waals surface area contributed by atoms with Crippen LogP contribution in [0.1, 0.15) is 12.2 Å². The van der Waals surface area contributed by atoms with Crippen LogP contribution in [0.15, 0.2) is 6.20 Å². The van der Waals surface area contributed by atoms with Gasteiger partial charge in [0.25, 0.3) is 0 Å². The SMILES string of the molecule is [c]1cnc2n1CCC2. The van der Waals surface area contributed by atoms with E-state index in [1.165, 1.54) is 12.2 Å². The molecule has 2 heterocycles. The molecule has 0 aliphatic carbocycles. The van der Waals surface area contributed by atoms with Crippen molar-refractivity contribution in [2.75, 3.05) is 0 Å². The van der Waals surface area contributed by atoms with Crippen molar-refractivity contribution in [1.82, 2.24) is 9.55 Å². The van der Waals surface area contributed by atoms with Crippen LogP contribution in [0.25, 0.3) is 0 Å². The van der Waals surface area contributed by atoms with E-state index in [1.54, 1.807) is 6.20 Å². The zero-order valence-electron chi connectivity index (χ0n) is 4.59. The highest BCUT2D eigenvalue weighted by atomic mass is 15.1. The summed E-state index contributed by atoms with van der Waals surface area (Å²) in [4.78, 5) is 4.10. The van der Waals surface area contributed by atoms with E-state index in [4.69, 9.17) is 0 Å². The fraction of sp³-hybridized carbons (Fsp3) is 0.500. The summed E-state index contributed by atoms with van der Waals surface area (Å²) in [6, 6.07) is 0. The lowest BCUT2D eigenvalue weighted by atomic mass is 10.4. The first-order chi connectivity index (χ1) is 3.97. The summed E-state index contributed by atoms with van der Waals surface area (Å²) in [5.74, 6) is 1.20. The first-order valence-electron chi connectivity index (χ1n) is 2.89. The summed E-state index contributed by atoms with van der Waals surface area (Å²) in [7, 11) is 0. The number of fused-ring (bicyclic) bond motifs is 1. The highest BCUT2D eigenvalue weighted by molar-refractivity contribution is 4.95. The van der Waals surface area contributed by atoms with Crippen LogP contribution < -0.4 is 0 Å². The third-order valence-corrected chi connectivity index (χ3v) is 1.52. The molecule has 2 heteroatoms.